The number of hydrogen-bond acceptors (Lipinski definition) is 3. The van der Waals surface area contributed by atoms with E-state index >= 15 is 0 Å². The predicted molar refractivity (Wildman–Crippen MR) is 60.3 cm³/mol. The SMILES string of the molecule is CNC(=O)CCNC(=O)c1cc(Cl)ccn1. The second-order valence-corrected chi connectivity index (χ2v) is 3.47. The summed E-state index contributed by atoms with van der Waals surface area (Å²) < 4.78 is 0. The van der Waals surface area contributed by atoms with Gasteiger partial charge in [0, 0.05) is 31.2 Å². The monoisotopic (exact) mass is 241 g/mol. The molecule has 1 aromatic heterocycles. The molecule has 0 bridgehead atoms. The molecule has 0 radical (unpaired) electrons. The van der Waals surface area contributed by atoms with Crippen molar-refractivity contribution in [3.8, 4) is 0 Å². The smallest absolute Gasteiger partial charge is 0.269 e. The van der Waals surface area contributed by atoms with Gasteiger partial charge < -0.3 is 10.6 Å². The van der Waals surface area contributed by atoms with Gasteiger partial charge in [-0.3, -0.25) is 14.6 Å². The minimum absolute atomic E-state index is 0.126. The molecule has 2 N–H and O–H groups in total. The van der Waals surface area contributed by atoms with Crippen LogP contribution >= 0.6 is 11.6 Å². The number of hydrogen-bond donors (Lipinski definition) is 2. The van der Waals surface area contributed by atoms with Crippen LogP contribution in [-0.2, 0) is 4.79 Å². The van der Waals surface area contributed by atoms with Crippen LogP contribution in [0.1, 0.15) is 16.9 Å². The Morgan fingerprint density at radius 1 is 1.50 bits per heavy atom. The Morgan fingerprint density at radius 2 is 2.25 bits per heavy atom. The van der Waals surface area contributed by atoms with Gasteiger partial charge in [-0.05, 0) is 12.1 Å². The summed E-state index contributed by atoms with van der Waals surface area (Å²) in [7, 11) is 1.54. The molecule has 0 spiro atoms. The van der Waals surface area contributed by atoms with Gasteiger partial charge >= 0.3 is 0 Å². The molecule has 5 nitrogen and oxygen atoms in total. The molecule has 0 aliphatic heterocycles. The van der Waals surface area contributed by atoms with Gasteiger partial charge in [0.15, 0.2) is 0 Å². The highest BCUT2D eigenvalue weighted by Gasteiger charge is 2.07. The minimum atomic E-state index is -0.341. The van der Waals surface area contributed by atoms with E-state index in [-0.39, 0.29) is 30.5 Å². The topological polar surface area (TPSA) is 71.1 Å². The third-order valence-corrected chi connectivity index (χ3v) is 2.11. The van der Waals surface area contributed by atoms with Crippen LogP contribution in [0.25, 0.3) is 0 Å². The molecule has 0 aliphatic rings. The molecule has 0 fully saturated rings. The normalized spacial score (nSPS) is 9.62. The standard InChI is InChI=1S/C10H12ClN3O2/c1-12-9(15)3-5-14-10(16)8-6-7(11)2-4-13-8/h2,4,6H,3,5H2,1H3,(H,12,15)(H,14,16). The van der Waals surface area contributed by atoms with Crippen molar-refractivity contribution < 1.29 is 9.59 Å². The van der Waals surface area contributed by atoms with Gasteiger partial charge in [0.05, 0.1) is 0 Å². The lowest BCUT2D eigenvalue weighted by Crippen LogP contribution is -2.29. The van der Waals surface area contributed by atoms with Crippen LogP contribution in [0.15, 0.2) is 18.3 Å². The minimum Gasteiger partial charge on any atom is -0.359 e. The van der Waals surface area contributed by atoms with E-state index in [4.69, 9.17) is 11.6 Å². The molecule has 6 heteroatoms. The van der Waals surface area contributed by atoms with E-state index in [1.165, 1.54) is 12.3 Å². The summed E-state index contributed by atoms with van der Waals surface area (Å²) in [6.07, 6.45) is 1.69. The molecule has 1 aromatic rings. The van der Waals surface area contributed by atoms with E-state index in [0.717, 1.165) is 0 Å². The average molecular weight is 242 g/mol. The molecule has 1 rings (SSSR count). The number of carbonyl (C=O) groups excluding carboxylic acids is 2. The quantitative estimate of drug-likeness (QED) is 0.811. The number of aromatic nitrogens is 1. The first kappa shape index (κ1) is 12.4. The van der Waals surface area contributed by atoms with Gasteiger partial charge in [-0.2, -0.15) is 0 Å². The second-order valence-electron chi connectivity index (χ2n) is 3.04. The van der Waals surface area contributed by atoms with Crippen LogP contribution in [0.3, 0.4) is 0 Å². The van der Waals surface area contributed by atoms with E-state index < -0.39 is 0 Å². The summed E-state index contributed by atoms with van der Waals surface area (Å²) in [6, 6.07) is 3.06. The summed E-state index contributed by atoms with van der Waals surface area (Å²) in [5.74, 6) is -0.467. The maximum atomic E-state index is 11.5. The number of rotatable bonds is 4. The zero-order chi connectivity index (χ0) is 12.0. The maximum Gasteiger partial charge on any atom is 0.269 e. The fourth-order valence-electron chi connectivity index (χ4n) is 1.03. The lowest BCUT2D eigenvalue weighted by atomic mass is 10.3. The molecule has 86 valence electrons. The van der Waals surface area contributed by atoms with Gasteiger partial charge in [0.2, 0.25) is 5.91 Å². The van der Waals surface area contributed by atoms with Crippen molar-refractivity contribution in [3.05, 3.63) is 29.0 Å². The molecule has 0 aliphatic carbocycles. The highest BCUT2D eigenvalue weighted by atomic mass is 35.5. The average Bonchev–Trinajstić information content (AvgIpc) is 2.28. The Kier molecular flexibility index (Phi) is 4.72. The molecule has 1 heterocycles. The summed E-state index contributed by atoms with van der Waals surface area (Å²) in [5, 5.41) is 5.48. The molecule has 16 heavy (non-hydrogen) atoms. The predicted octanol–water partition coefficient (Wildman–Crippen LogP) is 0.601. The number of halogens is 1. The van der Waals surface area contributed by atoms with Gasteiger partial charge in [-0.1, -0.05) is 11.6 Å². The van der Waals surface area contributed by atoms with E-state index in [0.29, 0.717) is 5.02 Å². The molecule has 0 saturated carbocycles. The van der Waals surface area contributed by atoms with Crippen LogP contribution in [-0.4, -0.2) is 30.4 Å². The van der Waals surface area contributed by atoms with Crippen molar-refractivity contribution in [1.82, 2.24) is 15.6 Å². The molecule has 0 unspecified atom stereocenters. The highest BCUT2D eigenvalue weighted by molar-refractivity contribution is 6.30. The van der Waals surface area contributed by atoms with E-state index in [1.54, 1.807) is 13.1 Å². The van der Waals surface area contributed by atoms with E-state index in [2.05, 4.69) is 15.6 Å². The summed E-state index contributed by atoms with van der Waals surface area (Å²) in [6.45, 7) is 0.271. The summed E-state index contributed by atoms with van der Waals surface area (Å²) in [5.41, 5.74) is 0.240. The fraction of sp³-hybridized carbons (Fsp3) is 0.300. The number of pyridine rings is 1. The first-order chi connectivity index (χ1) is 7.63. The van der Waals surface area contributed by atoms with Crippen molar-refractivity contribution in [2.24, 2.45) is 0 Å². The number of nitrogens with one attached hydrogen (secondary N) is 2. The third-order valence-electron chi connectivity index (χ3n) is 1.87. The number of amides is 2. The Hall–Kier alpha value is -1.62. The van der Waals surface area contributed by atoms with Gasteiger partial charge in [-0.25, -0.2) is 0 Å². The zero-order valence-electron chi connectivity index (χ0n) is 8.79. The summed E-state index contributed by atoms with van der Waals surface area (Å²) in [4.78, 5) is 26.2. The van der Waals surface area contributed by atoms with Crippen molar-refractivity contribution >= 4 is 23.4 Å². The van der Waals surface area contributed by atoms with Crippen molar-refractivity contribution in [3.63, 3.8) is 0 Å². The van der Waals surface area contributed by atoms with E-state index in [1.807, 2.05) is 0 Å². The summed E-state index contributed by atoms with van der Waals surface area (Å²) >= 11 is 5.71. The number of carbonyl (C=O) groups is 2. The molecule has 0 atom stereocenters. The van der Waals surface area contributed by atoms with Gasteiger partial charge in [-0.15, -0.1) is 0 Å². The fourth-order valence-corrected chi connectivity index (χ4v) is 1.19. The van der Waals surface area contributed by atoms with Crippen LogP contribution in [0.5, 0.6) is 0 Å². The van der Waals surface area contributed by atoms with Crippen molar-refractivity contribution in [1.29, 1.82) is 0 Å². The van der Waals surface area contributed by atoms with Crippen LogP contribution in [0.4, 0.5) is 0 Å². The largest absolute Gasteiger partial charge is 0.359 e. The Labute approximate surface area is 98.2 Å². The van der Waals surface area contributed by atoms with Gasteiger partial charge in [0.25, 0.3) is 5.91 Å². The van der Waals surface area contributed by atoms with Crippen LogP contribution in [0, 0.1) is 0 Å². The molecule has 0 aromatic carbocycles. The molecule has 2 amide bonds. The van der Waals surface area contributed by atoms with Crippen molar-refractivity contribution in [2.45, 2.75) is 6.42 Å². The first-order valence-corrected chi connectivity index (χ1v) is 5.11. The Balaban J connectivity index is 2.44. The maximum absolute atomic E-state index is 11.5. The third kappa shape index (κ3) is 3.86. The molecular formula is C10H12ClN3O2. The first-order valence-electron chi connectivity index (χ1n) is 4.74. The van der Waals surface area contributed by atoms with Crippen LogP contribution in [0.2, 0.25) is 5.02 Å². The second kappa shape index (κ2) is 6.07. The Bertz CT molecular complexity index is 395. The van der Waals surface area contributed by atoms with E-state index in [9.17, 15) is 9.59 Å². The highest BCUT2D eigenvalue weighted by Crippen LogP contribution is 2.07. The molecule has 0 saturated heterocycles. The Morgan fingerprint density at radius 3 is 2.88 bits per heavy atom. The molecular weight excluding hydrogens is 230 g/mol. The zero-order valence-corrected chi connectivity index (χ0v) is 9.54. The van der Waals surface area contributed by atoms with Gasteiger partial charge in [0.1, 0.15) is 5.69 Å². The number of nitrogens with zero attached hydrogens (tertiary/aromatic N) is 1. The van der Waals surface area contributed by atoms with Crippen molar-refractivity contribution in [2.75, 3.05) is 13.6 Å². The van der Waals surface area contributed by atoms with Crippen LogP contribution < -0.4 is 10.6 Å². The lowest BCUT2D eigenvalue weighted by molar-refractivity contribution is -0.120. The lowest BCUT2D eigenvalue weighted by Gasteiger charge is -2.03.